The van der Waals surface area contributed by atoms with Gasteiger partial charge in [-0.15, -0.1) is 0 Å². The number of hydrogen-bond acceptors (Lipinski definition) is 7. The van der Waals surface area contributed by atoms with Crippen molar-refractivity contribution in [2.24, 2.45) is 4.99 Å². The maximum atomic E-state index is 12.3. The second-order valence-corrected chi connectivity index (χ2v) is 8.76. The molecule has 0 saturated carbocycles. The van der Waals surface area contributed by atoms with Crippen LogP contribution in [0.15, 0.2) is 80.3 Å². The van der Waals surface area contributed by atoms with Gasteiger partial charge in [-0.3, -0.25) is 10.1 Å². The minimum Gasteiger partial charge on any atom is -0.493 e. The first-order valence-electron chi connectivity index (χ1n) is 9.87. The lowest BCUT2D eigenvalue weighted by Crippen LogP contribution is -2.05. The Morgan fingerprint density at radius 2 is 1.82 bits per heavy atom. The maximum absolute atomic E-state index is 12.3. The molecule has 10 heteroatoms. The fourth-order valence-corrected chi connectivity index (χ4v) is 4.12. The number of benzene rings is 3. The third-order valence-electron chi connectivity index (χ3n) is 4.83. The molecule has 0 aliphatic carbocycles. The molecule has 1 aliphatic heterocycles. The van der Waals surface area contributed by atoms with E-state index in [0.29, 0.717) is 33.7 Å². The van der Waals surface area contributed by atoms with Gasteiger partial charge in [-0.05, 0) is 57.9 Å². The summed E-state index contributed by atoms with van der Waals surface area (Å²) in [5.74, 6) is 0.437. The molecule has 0 spiro atoms. The predicted octanol–water partition coefficient (Wildman–Crippen LogP) is 6.05. The molecular formula is C24H16Br2N2O6. The third kappa shape index (κ3) is 5.18. The highest BCUT2D eigenvalue weighted by Gasteiger charge is 2.25. The van der Waals surface area contributed by atoms with E-state index in [1.165, 1.54) is 31.4 Å². The Labute approximate surface area is 211 Å². The van der Waals surface area contributed by atoms with Gasteiger partial charge >= 0.3 is 5.97 Å². The minimum absolute atomic E-state index is 0.0664. The Balaban J connectivity index is 1.58. The summed E-state index contributed by atoms with van der Waals surface area (Å²) in [5, 5.41) is 10.8. The lowest BCUT2D eigenvalue weighted by molar-refractivity contribution is -0.384. The first-order chi connectivity index (χ1) is 16.4. The van der Waals surface area contributed by atoms with Crippen molar-refractivity contribution in [3.63, 3.8) is 0 Å². The molecule has 0 aromatic heterocycles. The van der Waals surface area contributed by atoms with Gasteiger partial charge < -0.3 is 14.2 Å². The number of nitro benzene ring substituents is 1. The van der Waals surface area contributed by atoms with E-state index in [1.54, 1.807) is 18.2 Å². The second kappa shape index (κ2) is 10.2. The van der Waals surface area contributed by atoms with Crippen molar-refractivity contribution >= 4 is 55.5 Å². The van der Waals surface area contributed by atoms with Crippen molar-refractivity contribution in [1.29, 1.82) is 0 Å². The number of halogens is 2. The van der Waals surface area contributed by atoms with Gasteiger partial charge in [0.1, 0.15) is 6.61 Å². The van der Waals surface area contributed by atoms with Gasteiger partial charge in [-0.1, -0.05) is 34.1 Å². The van der Waals surface area contributed by atoms with E-state index in [1.807, 2.05) is 24.3 Å². The van der Waals surface area contributed by atoms with E-state index >= 15 is 0 Å². The molecule has 0 bridgehead atoms. The molecule has 3 aromatic rings. The fraction of sp³-hybridized carbons (Fsp3) is 0.0833. The van der Waals surface area contributed by atoms with Gasteiger partial charge in [0.15, 0.2) is 17.2 Å². The lowest BCUT2D eigenvalue weighted by atomic mass is 10.1. The van der Waals surface area contributed by atoms with Gasteiger partial charge in [0.2, 0.25) is 5.90 Å². The standard InChI is InChI=1S/C24H16Br2N2O6/c1-32-21-12-14(10-19(26)22(21)33-13-16-4-2-3-5-18(16)25)11-20-24(29)34-23(27-20)15-6-8-17(9-7-15)28(30)31/h2-12H,13H2,1H3/b20-11-. The van der Waals surface area contributed by atoms with Crippen LogP contribution < -0.4 is 9.47 Å². The van der Waals surface area contributed by atoms with E-state index < -0.39 is 10.9 Å². The first-order valence-corrected chi connectivity index (χ1v) is 11.5. The van der Waals surface area contributed by atoms with E-state index in [4.69, 9.17) is 14.2 Å². The molecule has 0 fully saturated rings. The van der Waals surface area contributed by atoms with Crippen molar-refractivity contribution in [1.82, 2.24) is 0 Å². The van der Waals surface area contributed by atoms with Crippen LogP contribution in [-0.2, 0) is 16.1 Å². The van der Waals surface area contributed by atoms with Crippen LogP contribution in [0.4, 0.5) is 5.69 Å². The molecule has 172 valence electrons. The number of hydrogen-bond donors (Lipinski definition) is 0. The Morgan fingerprint density at radius 1 is 1.09 bits per heavy atom. The quantitative estimate of drug-likeness (QED) is 0.144. The van der Waals surface area contributed by atoms with E-state index in [-0.39, 0.29) is 17.3 Å². The van der Waals surface area contributed by atoms with Gasteiger partial charge in [-0.25, -0.2) is 9.79 Å². The van der Waals surface area contributed by atoms with Crippen LogP contribution in [0.25, 0.3) is 6.08 Å². The zero-order valence-corrected chi connectivity index (χ0v) is 20.8. The number of carbonyl (C=O) groups is 1. The highest BCUT2D eigenvalue weighted by Crippen LogP contribution is 2.38. The largest absolute Gasteiger partial charge is 0.493 e. The highest BCUT2D eigenvalue weighted by atomic mass is 79.9. The Bertz CT molecular complexity index is 1340. The number of ether oxygens (including phenoxy) is 3. The summed E-state index contributed by atoms with van der Waals surface area (Å²) in [7, 11) is 1.53. The van der Waals surface area contributed by atoms with E-state index in [2.05, 4.69) is 36.9 Å². The molecule has 1 aliphatic rings. The molecule has 3 aromatic carbocycles. The van der Waals surface area contributed by atoms with Crippen LogP contribution >= 0.6 is 31.9 Å². The van der Waals surface area contributed by atoms with Crippen molar-refractivity contribution in [3.05, 3.63) is 102 Å². The minimum atomic E-state index is -0.627. The van der Waals surface area contributed by atoms with Crippen LogP contribution in [0, 0.1) is 10.1 Å². The second-order valence-electron chi connectivity index (χ2n) is 7.05. The Hall–Kier alpha value is -3.50. The van der Waals surface area contributed by atoms with Crippen LogP contribution in [0.5, 0.6) is 11.5 Å². The average Bonchev–Trinajstić information content (AvgIpc) is 3.19. The smallest absolute Gasteiger partial charge is 0.363 e. The molecular weight excluding hydrogens is 572 g/mol. The molecule has 34 heavy (non-hydrogen) atoms. The summed E-state index contributed by atoms with van der Waals surface area (Å²) in [4.78, 5) is 26.9. The molecule has 1 heterocycles. The maximum Gasteiger partial charge on any atom is 0.363 e. The summed E-state index contributed by atoms with van der Waals surface area (Å²) in [6.45, 7) is 0.325. The number of non-ortho nitro benzene ring substituents is 1. The molecule has 0 atom stereocenters. The van der Waals surface area contributed by atoms with Crippen LogP contribution in [0.2, 0.25) is 0 Å². The molecule has 0 unspecified atom stereocenters. The Morgan fingerprint density at radius 3 is 2.50 bits per heavy atom. The van der Waals surface area contributed by atoms with Crippen LogP contribution in [0.1, 0.15) is 16.7 Å². The third-order valence-corrected chi connectivity index (χ3v) is 6.19. The van der Waals surface area contributed by atoms with Crippen molar-refractivity contribution in [3.8, 4) is 11.5 Å². The van der Waals surface area contributed by atoms with Crippen molar-refractivity contribution < 1.29 is 23.9 Å². The summed E-state index contributed by atoms with van der Waals surface area (Å²) in [6.07, 6.45) is 1.56. The zero-order valence-electron chi connectivity index (χ0n) is 17.7. The summed E-state index contributed by atoms with van der Waals surface area (Å²) in [6, 6.07) is 16.8. The normalized spacial score (nSPS) is 14.0. The van der Waals surface area contributed by atoms with E-state index in [9.17, 15) is 14.9 Å². The molecule has 0 amide bonds. The zero-order chi connectivity index (χ0) is 24.2. The summed E-state index contributed by atoms with van der Waals surface area (Å²) < 4.78 is 18.3. The Kier molecular flexibility index (Phi) is 7.09. The number of nitro groups is 1. The topological polar surface area (TPSA) is 100 Å². The number of esters is 1. The van der Waals surface area contributed by atoms with Crippen molar-refractivity contribution in [2.45, 2.75) is 6.61 Å². The number of carbonyl (C=O) groups excluding carboxylic acids is 1. The monoisotopic (exact) mass is 586 g/mol. The molecule has 0 N–H and O–H groups in total. The molecule has 8 nitrogen and oxygen atoms in total. The summed E-state index contributed by atoms with van der Waals surface area (Å²) >= 11 is 7.01. The van der Waals surface area contributed by atoms with Crippen LogP contribution in [0.3, 0.4) is 0 Å². The van der Waals surface area contributed by atoms with Gasteiger partial charge in [0.25, 0.3) is 5.69 Å². The first kappa shape index (κ1) is 23.7. The van der Waals surface area contributed by atoms with E-state index in [0.717, 1.165) is 10.0 Å². The molecule has 0 saturated heterocycles. The number of cyclic esters (lactones) is 1. The lowest BCUT2D eigenvalue weighted by Gasteiger charge is -2.14. The summed E-state index contributed by atoms with van der Waals surface area (Å²) in [5.41, 5.74) is 2.09. The molecule has 4 rings (SSSR count). The number of aliphatic imine (C=N–C) groups is 1. The number of methoxy groups -OCH3 is 1. The van der Waals surface area contributed by atoms with Crippen LogP contribution in [-0.4, -0.2) is 23.9 Å². The van der Waals surface area contributed by atoms with Crippen molar-refractivity contribution in [2.75, 3.05) is 7.11 Å². The predicted molar refractivity (Wildman–Crippen MR) is 133 cm³/mol. The fourth-order valence-electron chi connectivity index (χ4n) is 3.14. The molecule has 0 radical (unpaired) electrons. The van der Waals surface area contributed by atoms with Gasteiger partial charge in [-0.2, -0.15) is 0 Å². The van der Waals surface area contributed by atoms with Gasteiger partial charge in [0.05, 0.1) is 16.5 Å². The number of nitrogens with zero attached hydrogens (tertiary/aromatic N) is 2. The highest BCUT2D eigenvalue weighted by molar-refractivity contribution is 9.10. The number of rotatable bonds is 7. The average molecular weight is 588 g/mol. The SMILES string of the molecule is COc1cc(/C=C2\N=C(c3ccc([N+](=O)[O-])cc3)OC2=O)cc(Br)c1OCc1ccccc1Br. The van der Waals surface area contributed by atoms with Gasteiger partial charge in [0, 0.05) is 27.7 Å².